The summed E-state index contributed by atoms with van der Waals surface area (Å²) in [6.07, 6.45) is 1.61. The molecule has 0 aromatic rings. The SMILES string of the molecule is C[C@H]1NCC1=CC#N. The van der Waals surface area contributed by atoms with Gasteiger partial charge >= 0.3 is 0 Å². The molecule has 2 nitrogen and oxygen atoms in total. The molecule has 0 spiro atoms. The standard InChI is InChI=1S/C6H8N2/c1-5-6(2-3-7)4-8-5/h2,5,8H,4H2,1H3/t5-/m1/s1. The van der Waals surface area contributed by atoms with Crippen LogP contribution in [0.2, 0.25) is 0 Å². The van der Waals surface area contributed by atoms with E-state index in [4.69, 9.17) is 5.26 Å². The van der Waals surface area contributed by atoms with E-state index < -0.39 is 0 Å². The van der Waals surface area contributed by atoms with Gasteiger partial charge in [0.2, 0.25) is 0 Å². The van der Waals surface area contributed by atoms with Gasteiger partial charge in [-0.2, -0.15) is 5.26 Å². The molecule has 0 amide bonds. The molecular weight excluding hydrogens is 100 g/mol. The summed E-state index contributed by atoms with van der Waals surface area (Å²) < 4.78 is 0. The quantitative estimate of drug-likeness (QED) is 0.457. The predicted molar refractivity (Wildman–Crippen MR) is 31.2 cm³/mol. The number of nitrogens with zero attached hydrogens (tertiary/aromatic N) is 1. The van der Waals surface area contributed by atoms with E-state index in [1.54, 1.807) is 6.08 Å². The molecule has 1 fully saturated rings. The van der Waals surface area contributed by atoms with Gasteiger partial charge in [0.05, 0.1) is 6.07 Å². The van der Waals surface area contributed by atoms with Crippen LogP contribution >= 0.6 is 0 Å². The minimum Gasteiger partial charge on any atom is -0.307 e. The highest BCUT2D eigenvalue weighted by atomic mass is 15.0. The van der Waals surface area contributed by atoms with Crippen LogP contribution in [0.4, 0.5) is 0 Å². The van der Waals surface area contributed by atoms with Crippen molar-refractivity contribution in [2.24, 2.45) is 0 Å². The third-order valence-corrected chi connectivity index (χ3v) is 1.42. The van der Waals surface area contributed by atoms with Crippen molar-refractivity contribution in [2.45, 2.75) is 13.0 Å². The lowest BCUT2D eigenvalue weighted by Gasteiger charge is -2.26. The van der Waals surface area contributed by atoms with Crippen molar-refractivity contribution >= 4 is 0 Å². The van der Waals surface area contributed by atoms with Gasteiger partial charge in [-0.1, -0.05) is 0 Å². The zero-order valence-electron chi connectivity index (χ0n) is 4.81. The molecule has 0 radical (unpaired) electrons. The maximum atomic E-state index is 8.17. The molecular formula is C6H8N2. The predicted octanol–water partition coefficient (Wildman–Crippen LogP) is 0.428. The molecule has 0 aliphatic carbocycles. The summed E-state index contributed by atoms with van der Waals surface area (Å²) >= 11 is 0. The molecule has 0 aromatic heterocycles. The number of nitriles is 1. The highest BCUT2D eigenvalue weighted by molar-refractivity contribution is 5.25. The number of nitrogens with one attached hydrogen (secondary N) is 1. The first-order valence-electron chi connectivity index (χ1n) is 2.66. The summed E-state index contributed by atoms with van der Waals surface area (Å²) in [6, 6.07) is 2.44. The van der Waals surface area contributed by atoms with Gasteiger partial charge < -0.3 is 5.32 Å². The van der Waals surface area contributed by atoms with Gasteiger partial charge in [0.1, 0.15) is 0 Å². The lowest BCUT2D eigenvalue weighted by atomic mass is 10.0. The molecule has 0 saturated carbocycles. The van der Waals surface area contributed by atoms with Crippen molar-refractivity contribution in [2.75, 3.05) is 6.54 Å². The molecule has 1 atom stereocenters. The summed E-state index contributed by atoms with van der Waals surface area (Å²) in [5.74, 6) is 0. The molecule has 1 saturated heterocycles. The van der Waals surface area contributed by atoms with Gasteiger partial charge in [0.25, 0.3) is 0 Å². The molecule has 0 bridgehead atoms. The van der Waals surface area contributed by atoms with Crippen molar-refractivity contribution in [3.05, 3.63) is 11.6 Å². The highest BCUT2D eigenvalue weighted by Crippen LogP contribution is 2.08. The fourth-order valence-electron chi connectivity index (χ4n) is 0.683. The Morgan fingerprint density at radius 3 is 2.88 bits per heavy atom. The Morgan fingerprint density at radius 2 is 2.75 bits per heavy atom. The van der Waals surface area contributed by atoms with Crippen LogP contribution in [0.3, 0.4) is 0 Å². The molecule has 1 N–H and O–H groups in total. The van der Waals surface area contributed by atoms with Gasteiger partial charge in [-0.25, -0.2) is 0 Å². The Bertz CT molecular complexity index is 152. The fraction of sp³-hybridized carbons (Fsp3) is 0.500. The Hall–Kier alpha value is -0.810. The second kappa shape index (κ2) is 1.97. The topological polar surface area (TPSA) is 35.8 Å². The number of hydrogen-bond donors (Lipinski definition) is 1. The van der Waals surface area contributed by atoms with Gasteiger partial charge in [-0.05, 0) is 12.5 Å². The van der Waals surface area contributed by atoms with Crippen LogP contribution in [-0.2, 0) is 0 Å². The molecule has 1 heterocycles. The summed E-state index contributed by atoms with van der Waals surface area (Å²) in [4.78, 5) is 0. The second-order valence-corrected chi connectivity index (χ2v) is 1.95. The van der Waals surface area contributed by atoms with E-state index in [1.165, 1.54) is 5.57 Å². The highest BCUT2D eigenvalue weighted by Gasteiger charge is 2.16. The zero-order valence-corrected chi connectivity index (χ0v) is 4.81. The third-order valence-electron chi connectivity index (χ3n) is 1.42. The Kier molecular flexibility index (Phi) is 1.32. The van der Waals surface area contributed by atoms with Crippen molar-refractivity contribution in [3.63, 3.8) is 0 Å². The normalized spacial score (nSPS) is 31.5. The lowest BCUT2D eigenvalue weighted by molar-refractivity contribution is 0.527. The summed E-state index contributed by atoms with van der Waals surface area (Å²) in [7, 11) is 0. The first-order valence-corrected chi connectivity index (χ1v) is 2.66. The first kappa shape index (κ1) is 5.33. The van der Waals surface area contributed by atoms with Crippen molar-refractivity contribution in [1.82, 2.24) is 5.32 Å². The van der Waals surface area contributed by atoms with Gasteiger partial charge in [0, 0.05) is 18.7 Å². The molecule has 2 heteroatoms. The van der Waals surface area contributed by atoms with Crippen LogP contribution in [0.5, 0.6) is 0 Å². The van der Waals surface area contributed by atoms with E-state index >= 15 is 0 Å². The maximum Gasteiger partial charge on any atom is 0.0912 e. The average molecular weight is 108 g/mol. The molecule has 1 aliphatic rings. The van der Waals surface area contributed by atoms with Gasteiger partial charge in [-0.3, -0.25) is 0 Å². The van der Waals surface area contributed by atoms with Crippen LogP contribution < -0.4 is 5.32 Å². The molecule has 8 heavy (non-hydrogen) atoms. The zero-order chi connectivity index (χ0) is 5.98. The van der Waals surface area contributed by atoms with E-state index in [0.717, 1.165) is 6.54 Å². The number of hydrogen-bond acceptors (Lipinski definition) is 2. The van der Waals surface area contributed by atoms with Crippen LogP contribution in [0.1, 0.15) is 6.92 Å². The second-order valence-electron chi connectivity index (χ2n) is 1.95. The summed E-state index contributed by atoms with van der Waals surface area (Å²) in [5.41, 5.74) is 1.22. The molecule has 42 valence electrons. The van der Waals surface area contributed by atoms with Crippen LogP contribution in [0, 0.1) is 11.3 Å². The van der Waals surface area contributed by atoms with E-state index in [9.17, 15) is 0 Å². The van der Waals surface area contributed by atoms with Gasteiger partial charge in [0.15, 0.2) is 0 Å². The van der Waals surface area contributed by atoms with E-state index in [-0.39, 0.29) is 0 Å². The molecule has 0 aromatic carbocycles. The fourth-order valence-corrected chi connectivity index (χ4v) is 0.683. The monoisotopic (exact) mass is 108 g/mol. The summed E-state index contributed by atoms with van der Waals surface area (Å²) in [6.45, 7) is 2.95. The van der Waals surface area contributed by atoms with Crippen molar-refractivity contribution < 1.29 is 0 Å². The molecule has 0 unspecified atom stereocenters. The third kappa shape index (κ3) is 0.728. The Morgan fingerprint density at radius 1 is 2.00 bits per heavy atom. The smallest absolute Gasteiger partial charge is 0.0912 e. The molecule has 1 rings (SSSR count). The minimum absolute atomic E-state index is 0.439. The van der Waals surface area contributed by atoms with E-state index in [1.807, 2.05) is 13.0 Å². The Balaban J connectivity index is 2.51. The number of allylic oxidation sites excluding steroid dienone is 1. The largest absolute Gasteiger partial charge is 0.307 e. The van der Waals surface area contributed by atoms with Crippen molar-refractivity contribution in [1.29, 1.82) is 5.26 Å². The molecule has 1 aliphatic heterocycles. The van der Waals surface area contributed by atoms with Crippen LogP contribution in [-0.4, -0.2) is 12.6 Å². The van der Waals surface area contributed by atoms with E-state index in [2.05, 4.69) is 5.32 Å². The number of rotatable bonds is 0. The first-order chi connectivity index (χ1) is 3.84. The Labute approximate surface area is 48.8 Å². The van der Waals surface area contributed by atoms with Gasteiger partial charge in [-0.15, -0.1) is 0 Å². The lowest BCUT2D eigenvalue weighted by Crippen LogP contribution is -2.43. The van der Waals surface area contributed by atoms with Crippen molar-refractivity contribution in [3.8, 4) is 6.07 Å². The minimum atomic E-state index is 0.439. The van der Waals surface area contributed by atoms with E-state index in [0.29, 0.717) is 6.04 Å². The van der Waals surface area contributed by atoms with Crippen LogP contribution in [0.15, 0.2) is 11.6 Å². The summed E-state index contributed by atoms with van der Waals surface area (Å²) in [5, 5.41) is 11.3. The maximum absolute atomic E-state index is 8.17. The average Bonchev–Trinajstić information content (AvgIpc) is 1.79. The van der Waals surface area contributed by atoms with Crippen LogP contribution in [0.25, 0.3) is 0 Å².